The average molecular weight is 385 g/mol. The second-order valence-electron chi connectivity index (χ2n) is 6.84. The molecule has 0 saturated heterocycles. The van der Waals surface area contributed by atoms with Gasteiger partial charge in [-0.2, -0.15) is 0 Å². The van der Waals surface area contributed by atoms with Gasteiger partial charge in [-0.15, -0.1) is 0 Å². The van der Waals surface area contributed by atoms with Crippen molar-refractivity contribution in [3.63, 3.8) is 0 Å². The van der Waals surface area contributed by atoms with Gasteiger partial charge in [0, 0.05) is 22.2 Å². The van der Waals surface area contributed by atoms with Crippen molar-refractivity contribution in [1.82, 2.24) is 9.55 Å². The molecule has 0 aliphatic carbocycles. The van der Waals surface area contributed by atoms with Crippen molar-refractivity contribution >= 4 is 33.4 Å². The van der Waals surface area contributed by atoms with Crippen LogP contribution in [0.15, 0.2) is 85.1 Å². The van der Waals surface area contributed by atoms with E-state index in [1.165, 1.54) is 0 Å². The first-order valence-electron chi connectivity index (χ1n) is 9.11. The van der Waals surface area contributed by atoms with Crippen LogP contribution in [0.4, 0.5) is 0 Å². The molecule has 0 atom stereocenters. The molecule has 2 aromatic heterocycles. The number of pyridine rings is 1. The molecule has 0 fully saturated rings. The van der Waals surface area contributed by atoms with Crippen LogP contribution in [0, 0.1) is 0 Å². The second-order valence-corrected chi connectivity index (χ2v) is 7.27. The molecule has 0 radical (unpaired) electrons. The van der Waals surface area contributed by atoms with Crippen LogP contribution in [0.2, 0.25) is 5.02 Å². The summed E-state index contributed by atoms with van der Waals surface area (Å²) in [4.78, 5) is 4.80. The first-order valence-corrected chi connectivity index (χ1v) is 9.49. The first-order chi connectivity index (χ1) is 13.7. The molecule has 4 heteroatoms. The van der Waals surface area contributed by atoms with Gasteiger partial charge in [0.05, 0.1) is 23.0 Å². The van der Waals surface area contributed by atoms with Crippen molar-refractivity contribution in [3.8, 4) is 17.0 Å². The van der Waals surface area contributed by atoms with E-state index in [1.54, 1.807) is 0 Å². The normalized spacial score (nSPS) is 11.3. The minimum Gasteiger partial charge on any atom is -0.494 e. The maximum absolute atomic E-state index is 11.1. The third-order valence-electron chi connectivity index (χ3n) is 5.02. The standard InChI is InChI=1S/C24H17ClN2O/c25-18-12-10-16(11-13-18)14-27-15-21-23(24(27)28)22(17-6-2-1-3-7-17)19-8-4-5-9-20(19)26-21/h1-13,15,28H,14H2. The molecule has 0 spiro atoms. The van der Waals surface area contributed by atoms with Gasteiger partial charge in [-0.3, -0.25) is 0 Å². The maximum atomic E-state index is 11.1. The molecule has 1 N–H and O–H groups in total. The number of hydrogen-bond acceptors (Lipinski definition) is 2. The smallest absolute Gasteiger partial charge is 0.201 e. The molecule has 136 valence electrons. The van der Waals surface area contributed by atoms with Gasteiger partial charge in [-0.25, -0.2) is 4.98 Å². The molecule has 3 nitrogen and oxygen atoms in total. The van der Waals surface area contributed by atoms with Gasteiger partial charge in [0.15, 0.2) is 0 Å². The zero-order valence-corrected chi connectivity index (χ0v) is 15.8. The Hall–Kier alpha value is -3.30. The molecule has 0 aliphatic rings. The largest absolute Gasteiger partial charge is 0.494 e. The monoisotopic (exact) mass is 384 g/mol. The summed E-state index contributed by atoms with van der Waals surface area (Å²) in [6.07, 6.45) is 1.91. The number of hydrogen-bond donors (Lipinski definition) is 1. The van der Waals surface area contributed by atoms with E-state index in [2.05, 4.69) is 18.2 Å². The van der Waals surface area contributed by atoms with E-state index in [0.717, 1.165) is 38.5 Å². The molecule has 0 aliphatic heterocycles. The Kier molecular flexibility index (Phi) is 4.03. The van der Waals surface area contributed by atoms with Crippen molar-refractivity contribution < 1.29 is 5.11 Å². The molecular formula is C24H17ClN2O. The molecule has 3 aromatic carbocycles. The highest BCUT2D eigenvalue weighted by atomic mass is 35.5. The van der Waals surface area contributed by atoms with Gasteiger partial charge in [0.1, 0.15) is 0 Å². The maximum Gasteiger partial charge on any atom is 0.201 e. The van der Waals surface area contributed by atoms with Gasteiger partial charge in [0.25, 0.3) is 0 Å². The summed E-state index contributed by atoms with van der Waals surface area (Å²) in [7, 11) is 0. The Labute approximate surface area is 167 Å². The van der Waals surface area contributed by atoms with E-state index < -0.39 is 0 Å². The molecule has 0 amide bonds. The van der Waals surface area contributed by atoms with Crippen LogP contribution in [0.1, 0.15) is 5.56 Å². The van der Waals surface area contributed by atoms with Gasteiger partial charge in [-0.05, 0) is 29.3 Å². The fraction of sp³-hybridized carbons (Fsp3) is 0.0417. The van der Waals surface area contributed by atoms with E-state index in [1.807, 2.05) is 71.4 Å². The number of nitrogens with zero attached hydrogens (tertiary/aromatic N) is 2. The van der Waals surface area contributed by atoms with Crippen molar-refractivity contribution in [2.75, 3.05) is 0 Å². The summed E-state index contributed by atoms with van der Waals surface area (Å²) in [6, 6.07) is 25.9. The summed E-state index contributed by atoms with van der Waals surface area (Å²) in [5.74, 6) is 0.224. The third kappa shape index (κ3) is 2.81. The SMILES string of the molecule is Oc1c2c(-c3ccccc3)c3ccccc3nc2cn1Cc1ccc(Cl)cc1. The lowest BCUT2D eigenvalue weighted by Gasteiger charge is -2.10. The minimum absolute atomic E-state index is 0.224. The third-order valence-corrected chi connectivity index (χ3v) is 5.27. The van der Waals surface area contributed by atoms with Crippen LogP contribution in [0.25, 0.3) is 32.9 Å². The van der Waals surface area contributed by atoms with Crippen molar-refractivity contribution in [1.29, 1.82) is 0 Å². The molecule has 0 unspecified atom stereocenters. The van der Waals surface area contributed by atoms with Crippen molar-refractivity contribution in [3.05, 3.63) is 95.6 Å². The molecule has 28 heavy (non-hydrogen) atoms. The lowest BCUT2D eigenvalue weighted by Crippen LogP contribution is -1.96. The molecule has 5 rings (SSSR count). The Morgan fingerprint density at radius 3 is 2.32 bits per heavy atom. The van der Waals surface area contributed by atoms with Gasteiger partial charge < -0.3 is 9.67 Å². The quantitative estimate of drug-likeness (QED) is 0.398. The topological polar surface area (TPSA) is 38.1 Å². The molecule has 0 bridgehead atoms. The number of para-hydroxylation sites is 1. The minimum atomic E-state index is 0.224. The number of halogens is 1. The predicted molar refractivity (Wildman–Crippen MR) is 115 cm³/mol. The number of aromatic hydroxyl groups is 1. The Morgan fingerprint density at radius 1 is 0.821 bits per heavy atom. The molecule has 2 heterocycles. The van der Waals surface area contributed by atoms with E-state index in [9.17, 15) is 5.11 Å². The molecule has 5 aromatic rings. The Bertz CT molecular complexity index is 1290. The van der Waals surface area contributed by atoms with Crippen LogP contribution < -0.4 is 0 Å². The zero-order valence-electron chi connectivity index (χ0n) is 15.0. The highest BCUT2D eigenvalue weighted by molar-refractivity contribution is 6.30. The van der Waals surface area contributed by atoms with Crippen LogP contribution in [-0.4, -0.2) is 14.7 Å². The highest BCUT2D eigenvalue weighted by Gasteiger charge is 2.18. The Morgan fingerprint density at radius 2 is 1.54 bits per heavy atom. The number of fused-ring (bicyclic) bond motifs is 2. The molecule has 0 saturated carbocycles. The summed E-state index contributed by atoms with van der Waals surface area (Å²) >= 11 is 5.99. The lowest BCUT2D eigenvalue weighted by molar-refractivity contribution is 0.430. The fourth-order valence-corrected chi connectivity index (χ4v) is 3.84. The summed E-state index contributed by atoms with van der Waals surface area (Å²) in [5.41, 5.74) is 4.83. The van der Waals surface area contributed by atoms with Crippen LogP contribution in [-0.2, 0) is 6.54 Å². The Balaban J connectivity index is 1.77. The number of rotatable bonds is 3. The van der Waals surface area contributed by atoms with E-state index >= 15 is 0 Å². The predicted octanol–water partition coefficient (Wildman–Crippen LogP) is 6.26. The second kappa shape index (κ2) is 6.70. The molecular weight excluding hydrogens is 368 g/mol. The lowest BCUT2D eigenvalue weighted by atomic mass is 9.98. The van der Waals surface area contributed by atoms with E-state index in [-0.39, 0.29) is 5.88 Å². The van der Waals surface area contributed by atoms with Crippen LogP contribution >= 0.6 is 11.6 Å². The first kappa shape index (κ1) is 16.8. The zero-order chi connectivity index (χ0) is 19.1. The van der Waals surface area contributed by atoms with E-state index in [4.69, 9.17) is 16.6 Å². The van der Waals surface area contributed by atoms with Crippen molar-refractivity contribution in [2.24, 2.45) is 0 Å². The van der Waals surface area contributed by atoms with Gasteiger partial charge in [0.2, 0.25) is 5.88 Å². The van der Waals surface area contributed by atoms with Crippen molar-refractivity contribution in [2.45, 2.75) is 6.54 Å². The van der Waals surface area contributed by atoms with Gasteiger partial charge >= 0.3 is 0 Å². The van der Waals surface area contributed by atoms with E-state index in [0.29, 0.717) is 11.6 Å². The highest BCUT2D eigenvalue weighted by Crippen LogP contribution is 2.40. The number of aromatic nitrogens is 2. The summed E-state index contributed by atoms with van der Waals surface area (Å²) < 4.78 is 1.84. The summed E-state index contributed by atoms with van der Waals surface area (Å²) in [5, 5.41) is 13.6. The van der Waals surface area contributed by atoms with Crippen LogP contribution in [0.5, 0.6) is 5.88 Å². The average Bonchev–Trinajstić information content (AvgIpc) is 3.03. The summed E-state index contributed by atoms with van der Waals surface area (Å²) in [6.45, 7) is 0.546. The van der Waals surface area contributed by atoms with Gasteiger partial charge in [-0.1, -0.05) is 72.3 Å². The fourth-order valence-electron chi connectivity index (χ4n) is 3.71. The number of benzene rings is 3. The van der Waals surface area contributed by atoms with Crippen LogP contribution in [0.3, 0.4) is 0 Å².